The summed E-state index contributed by atoms with van der Waals surface area (Å²) in [4.78, 5) is 12.8. The zero-order valence-corrected chi connectivity index (χ0v) is 12.4. The number of hydrogen-bond acceptors (Lipinski definition) is 3. The molecule has 0 radical (unpaired) electrons. The molecule has 0 amide bonds. The van der Waals surface area contributed by atoms with Crippen LogP contribution in [0.2, 0.25) is 0 Å². The second-order valence-electron chi connectivity index (χ2n) is 4.86. The zero-order valence-electron chi connectivity index (χ0n) is 12.4. The van der Waals surface area contributed by atoms with Crippen LogP contribution >= 0.6 is 0 Å². The average molecular weight is 272 g/mol. The quantitative estimate of drug-likeness (QED) is 0.785. The lowest BCUT2D eigenvalue weighted by Gasteiger charge is -2.10. The molecule has 0 aliphatic heterocycles. The Hall–Kier alpha value is -2.10. The van der Waals surface area contributed by atoms with Crippen molar-refractivity contribution >= 4 is 5.78 Å². The molecule has 106 valence electrons. The average Bonchev–Trinajstić information content (AvgIpc) is 2.84. The van der Waals surface area contributed by atoms with Crippen LogP contribution in [0.4, 0.5) is 0 Å². The minimum Gasteiger partial charge on any atom is -0.493 e. The van der Waals surface area contributed by atoms with Crippen LogP contribution < -0.4 is 4.74 Å². The van der Waals surface area contributed by atoms with Gasteiger partial charge in [0.15, 0.2) is 11.4 Å². The van der Waals surface area contributed by atoms with Gasteiger partial charge in [0.2, 0.25) is 5.78 Å². The molecular weight excluding hydrogens is 252 g/mol. The van der Waals surface area contributed by atoms with Crippen LogP contribution in [0.3, 0.4) is 0 Å². The molecule has 0 saturated heterocycles. The molecule has 2 aromatic rings. The van der Waals surface area contributed by atoms with E-state index in [1.807, 2.05) is 32.0 Å². The van der Waals surface area contributed by atoms with Gasteiger partial charge in [-0.1, -0.05) is 25.1 Å². The number of rotatable bonds is 5. The molecule has 4 heteroatoms. The van der Waals surface area contributed by atoms with Crippen molar-refractivity contribution in [3.63, 3.8) is 0 Å². The van der Waals surface area contributed by atoms with Crippen molar-refractivity contribution in [3.8, 4) is 5.75 Å². The Kier molecular flexibility index (Phi) is 4.23. The molecule has 0 N–H and O–H groups in total. The van der Waals surface area contributed by atoms with Gasteiger partial charge in [0.25, 0.3) is 0 Å². The molecule has 2 rings (SSSR count). The molecule has 0 unspecified atom stereocenters. The number of benzene rings is 1. The number of nitrogens with zero attached hydrogens (tertiary/aromatic N) is 2. The largest absolute Gasteiger partial charge is 0.493 e. The predicted molar refractivity (Wildman–Crippen MR) is 78.4 cm³/mol. The first-order valence-electron chi connectivity index (χ1n) is 6.80. The van der Waals surface area contributed by atoms with E-state index in [0.29, 0.717) is 23.6 Å². The van der Waals surface area contributed by atoms with E-state index in [0.717, 1.165) is 17.5 Å². The fraction of sp³-hybridized carbons (Fsp3) is 0.375. The van der Waals surface area contributed by atoms with Gasteiger partial charge in [-0.05, 0) is 31.4 Å². The highest BCUT2D eigenvalue weighted by atomic mass is 16.5. The molecule has 0 saturated carbocycles. The number of aryl methyl sites for hydroxylation is 2. The van der Waals surface area contributed by atoms with Crippen LogP contribution in [0.1, 0.15) is 40.5 Å². The van der Waals surface area contributed by atoms with Crippen molar-refractivity contribution in [1.82, 2.24) is 9.78 Å². The number of carbonyl (C=O) groups is 1. The third-order valence-electron chi connectivity index (χ3n) is 3.53. The summed E-state index contributed by atoms with van der Waals surface area (Å²) in [6.45, 7) is 6.73. The van der Waals surface area contributed by atoms with E-state index in [1.54, 1.807) is 18.0 Å². The van der Waals surface area contributed by atoms with Crippen LogP contribution in [0.5, 0.6) is 5.75 Å². The van der Waals surface area contributed by atoms with Gasteiger partial charge in [0.05, 0.1) is 13.3 Å². The summed E-state index contributed by atoms with van der Waals surface area (Å²) in [6.07, 6.45) is 2.52. The number of hydrogen-bond donors (Lipinski definition) is 0. The van der Waals surface area contributed by atoms with Gasteiger partial charge in [-0.3, -0.25) is 9.48 Å². The van der Waals surface area contributed by atoms with E-state index in [4.69, 9.17) is 4.74 Å². The number of aromatic nitrogens is 2. The summed E-state index contributed by atoms with van der Waals surface area (Å²) < 4.78 is 7.01. The topological polar surface area (TPSA) is 44.1 Å². The zero-order chi connectivity index (χ0) is 14.7. The molecular formula is C16H20N2O2. The van der Waals surface area contributed by atoms with Crippen molar-refractivity contribution in [1.29, 1.82) is 0 Å². The maximum atomic E-state index is 12.8. The fourth-order valence-electron chi connectivity index (χ4n) is 2.25. The lowest BCUT2D eigenvalue weighted by molar-refractivity contribution is 0.102. The third kappa shape index (κ3) is 2.46. The fourth-order valence-corrected chi connectivity index (χ4v) is 2.25. The van der Waals surface area contributed by atoms with Gasteiger partial charge < -0.3 is 4.74 Å². The van der Waals surface area contributed by atoms with E-state index in [9.17, 15) is 4.79 Å². The van der Waals surface area contributed by atoms with Crippen molar-refractivity contribution < 1.29 is 9.53 Å². The molecule has 4 nitrogen and oxygen atoms in total. The summed E-state index contributed by atoms with van der Waals surface area (Å²) in [6, 6.07) is 5.77. The standard InChI is InChI=1S/C16H20N2O2/c1-5-9-18-15(14(20-4)10-17-18)16(19)13-8-6-7-11(2)12(13)3/h6-8,10H,5,9H2,1-4H3. The molecule has 0 aliphatic rings. The first kappa shape index (κ1) is 14.3. The summed E-state index contributed by atoms with van der Waals surface area (Å²) in [5, 5.41) is 4.25. The SMILES string of the molecule is CCCn1ncc(OC)c1C(=O)c1cccc(C)c1C. The molecule has 0 fully saturated rings. The summed E-state index contributed by atoms with van der Waals surface area (Å²) in [5.74, 6) is 0.498. The summed E-state index contributed by atoms with van der Waals surface area (Å²) >= 11 is 0. The third-order valence-corrected chi connectivity index (χ3v) is 3.53. The highest BCUT2D eigenvalue weighted by molar-refractivity contribution is 6.10. The van der Waals surface area contributed by atoms with Gasteiger partial charge in [-0.2, -0.15) is 5.10 Å². The normalized spacial score (nSPS) is 10.6. The Bertz CT molecular complexity index is 629. The summed E-state index contributed by atoms with van der Waals surface area (Å²) in [5.41, 5.74) is 3.35. The van der Waals surface area contributed by atoms with Crippen LogP contribution in [0.25, 0.3) is 0 Å². The maximum absolute atomic E-state index is 12.8. The monoisotopic (exact) mass is 272 g/mol. The number of methoxy groups -OCH3 is 1. The second-order valence-corrected chi connectivity index (χ2v) is 4.86. The minimum absolute atomic E-state index is 0.0333. The molecule has 20 heavy (non-hydrogen) atoms. The lowest BCUT2D eigenvalue weighted by Crippen LogP contribution is -2.14. The first-order chi connectivity index (χ1) is 9.60. The van der Waals surface area contributed by atoms with Crippen molar-refractivity contribution in [2.24, 2.45) is 0 Å². The van der Waals surface area contributed by atoms with E-state index >= 15 is 0 Å². The van der Waals surface area contributed by atoms with Crippen LogP contribution in [-0.2, 0) is 6.54 Å². The van der Waals surface area contributed by atoms with Crippen LogP contribution in [0, 0.1) is 13.8 Å². The Morgan fingerprint density at radius 3 is 2.75 bits per heavy atom. The maximum Gasteiger partial charge on any atom is 0.215 e. The second kappa shape index (κ2) is 5.90. The molecule has 0 atom stereocenters. The van der Waals surface area contributed by atoms with Crippen LogP contribution in [0.15, 0.2) is 24.4 Å². The lowest BCUT2D eigenvalue weighted by atomic mass is 9.98. The smallest absolute Gasteiger partial charge is 0.215 e. The van der Waals surface area contributed by atoms with Crippen molar-refractivity contribution in [3.05, 3.63) is 46.8 Å². The van der Waals surface area contributed by atoms with Crippen molar-refractivity contribution in [2.45, 2.75) is 33.7 Å². The van der Waals surface area contributed by atoms with E-state index in [2.05, 4.69) is 12.0 Å². The molecule has 1 aromatic carbocycles. The highest BCUT2D eigenvalue weighted by Gasteiger charge is 2.22. The molecule has 1 aromatic heterocycles. The van der Waals surface area contributed by atoms with E-state index < -0.39 is 0 Å². The Balaban J connectivity index is 2.52. The summed E-state index contributed by atoms with van der Waals surface area (Å²) in [7, 11) is 1.56. The van der Waals surface area contributed by atoms with Crippen molar-refractivity contribution in [2.75, 3.05) is 7.11 Å². The van der Waals surface area contributed by atoms with E-state index in [1.165, 1.54) is 0 Å². The first-order valence-corrected chi connectivity index (χ1v) is 6.80. The predicted octanol–water partition coefficient (Wildman–Crippen LogP) is 3.15. The van der Waals surface area contributed by atoms with Crippen LogP contribution in [-0.4, -0.2) is 22.7 Å². The minimum atomic E-state index is -0.0333. The Morgan fingerprint density at radius 1 is 1.35 bits per heavy atom. The number of carbonyl (C=O) groups excluding carboxylic acids is 1. The number of ketones is 1. The van der Waals surface area contributed by atoms with Gasteiger partial charge in [-0.15, -0.1) is 0 Å². The highest BCUT2D eigenvalue weighted by Crippen LogP contribution is 2.24. The number of ether oxygens (including phenoxy) is 1. The molecule has 1 heterocycles. The Labute approximate surface area is 119 Å². The Morgan fingerprint density at radius 2 is 2.10 bits per heavy atom. The molecule has 0 bridgehead atoms. The van der Waals surface area contributed by atoms with Gasteiger partial charge in [-0.25, -0.2) is 0 Å². The molecule has 0 spiro atoms. The van der Waals surface area contributed by atoms with Gasteiger partial charge in [0.1, 0.15) is 0 Å². The molecule has 0 aliphatic carbocycles. The van der Waals surface area contributed by atoms with E-state index in [-0.39, 0.29) is 5.78 Å². The van der Waals surface area contributed by atoms with Gasteiger partial charge >= 0.3 is 0 Å². The van der Waals surface area contributed by atoms with Gasteiger partial charge in [0, 0.05) is 12.1 Å².